The predicted molar refractivity (Wildman–Crippen MR) is 158 cm³/mol. The van der Waals surface area contributed by atoms with Crippen LogP contribution >= 0.6 is 0 Å². The van der Waals surface area contributed by atoms with Gasteiger partial charge in [-0.15, -0.1) is 0 Å². The Morgan fingerprint density at radius 3 is 2.62 bits per heavy atom. The highest BCUT2D eigenvalue weighted by Gasteiger charge is 2.31. The maximum absolute atomic E-state index is 14.7. The second-order valence-electron chi connectivity index (χ2n) is 10.9. The van der Waals surface area contributed by atoms with Crippen molar-refractivity contribution in [3.05, 3.63) is 53.7 Å². The first kappa shape index (κ1) is 31.0. The van der Waals surface area contributed by atoms with E-state index >= 15 is 0 Å². The summed E-state index contributed by atoms with van der Waals surface area (Å²) in [6.45, 7) is 3.78. The van der Waals surface area contributed by atoms with Crippen molar-refractivity contribution in [1.29, 1.82) is 0 Å². The first-order chi connectivity index (χ1) is 19.9. The van der Waals surface area contributed by atoms with Gasteiger partial charge in [0.15, 0.2) is 0 Å². The second kappa shape index (κ2) is 12.9. The average molecular weight is 588 g/mol. The molecule has 7 nitrogen and oxygen atoms in total. The number of ether oxygens (including phenoxy) is 1. The minimum Gasteiger partial charge on any atom is -0.495 e. The number of anilines is 2. The molecule has 2 aromatic carbocycles. The number of hydrogen-bond donors (Lipinski definition) is 2. The molecule has 1 aliphatic heterocycles. The molecule has 0 spiro atoms. The molecular formula is C31H37F4N5O2. The van der Waals surface area contributed by atoms with E-state index < -0.39 is 24.9 Å². The number of amides is 1. The van der Waals surface area contributed by atoms with E-state index in [1.54, 1.807) is 54.4 Å². The molecule has 0 saturated carbocycles. The minimum atomic E-state index is -4.46. The Morgan fingerprint density at radius 2 is 1.95 bits per heavy atom. The van der Waals surface area contributed by atoms with E-state index in [9.17, 15) is 22.4 Å². The topological polar surface area (TPSA) is 61.8 Å². The van der Waals surface area contributed by atoms with Crippen molar-refractivity contribution in [1.82, 2.24) is 14.4 Å². The highest BCUT2D eigenvalue weighted by atomic mass is 19.4. The van der Waals surface area contributed by atoms with E-state index in [1.807, 2.05) is 25.8 Å². The van der Waals surface area contributed by atoms with Crippen molar-refractivity contribution in [2.45, 2.75) is 51.2 Å². The molecule has 1 saturated heterocycles. The van der Waals surface area contributed by atoms with E-state index in [0.717, 1.165) is 11.1 Å². The maximum atomic E-state index is 14.7. The fraction of sp³-hybridized carbons (Fsp3) is 0.452. The summed E-state index contributed by atoms with van der Waals surface area (Å²) in [5, 5.41) is 6.90. The molecule has 2 heterocycles. The van der Waals surface area contributed by atoms with Gasteiger partial charge in [0.05, 0.1) is 36.6 Å². The lowest BCUT2D eigenvalue weighted by Crippen LogP contribution is -2.46. The molecule has 1 fully saturated rings. The monoisotopic (exact) mass is 587 g/mol. The molecular weight excluding hydrogens is 550 g/mol. The summed E-state index contributed by atoms with van der Waals surface area (Å²) >= 11 is 0. The van der Waals surface area contributed by atoms with Crippen LogP contribution in [0.1, 0.15) is 36.3 Å². The zero-order valence-corrected chi connectivity index (χ0v) is 24.5. The molecule has 4 rings (SSSR count). The first-order valence-electron chi connectivity index (χ1n) is 13.8. The van der Waals surface area contributed by atoms with Crippen LogP contribution < -0.4 is 15.4 Å². The fourth-order valence-corrected chi connectivity index (χ4v) is 4.97. The summed E-state index contributed by atoms with van der Waals surface area (Å²) in [5.41, 5.74) is 2.21. The van der Waals surface area contributed by atoms with Crippen LogP contribution in [-0.4, -0.2) is 85.5 Å². The van der Waals surface area contributed by atoms with Gasteiger partial charge in [0.2, 0.25) is 0 Å². The molecule has 2 atom stereocenters. The van der Waals surface area contributed by atoms with Gasteiger partial charge in [-0.3, -0.25) is 4.79 Å². The number of benzene rings is 2. The summed E-state index contributed by atoms with van der Waals surface area (Å²) in [6.07, 6.45) is -4.97. The number of nitrogens with zero attached hydrogens (tertiary/aromatic N) is 3. The van der Waals surface area contributed by atoms with Gasteiger partial charge in [0.25, 0.3) is 5.91 Å². The lowest BCUT2D eigenvalue weighted by atomic mass is 10.0. The van der Waals surface area contributed by atoms with Gasteiger partial charge in [-0.05, 0) is 69.6 Å². The quantitative estimate of drug-likeness (QED) is 0.265. The highest BCUT2D eigenvalue weighted by Crippen LogP contribution is 2.32. The Balaban J connectivity index is 1.57. The third kappa shape index (κ3) is 7.29. The number of rotatable bonds is 8. The Labute approximate surface area is 243 Å². The maximum Gasteiger partial charge on any atom is 0.406 e. The number of alkyl halides is 4. The van der Waals surface area contributed by atoms with Gasteiger partial charge in [-0.25, -0.2) is 4.39 Å². The van der Waals surface area contributed by atoms with Crippen LogP contribution in [0.2, 0.25) is 0 Å². The zero-order valence-electron chi connectivity index (χ0n) is 24.5. The number of fused-ring (bicyclic) bond motifs is 1. The van der Waals surface area contributed by atoms with Gasteiger partial charge < -0.3 is 29.7 Å². The number of carbonyl (C=O) groups is 1. The summed E-state index contributed by atoms with van der Waals surface area (Å²) < 4.78 is 62.0. The van der Waals surface area contributed by atoms with Crippen LogP contribution in [0.3, 0.4) is 0 Å². The van der Waals surface area contributed by atoms with Crippen LogP contribution in [0.5, 0.6) is 5.75 Å². The van der Waals surface area contributed by atoms with Crippen molar-refractivity contribution >= 4 is 28.2 Å². The Kier molecular flexibility index (Phi) is 9.57. The highest BCUT2D eigenvalue weighted by molar-refractivity contribution is 5.95. The van der Waals surface area contributed by atoms with Crippen molar-refractivity contribution < 1.29 is 27.1 Å². The van der Waals surface area contributed by atoms with Crippen LogP contribution in [0.4, 0.5) is 28.9 Å². The lowest BCUT2D eigenvalue weighted by Gasteiger charge is -2.33. The van der Waals surface area contributed by atoms with Crippen LogP contribution in [0, 0.1) is 11.8 Å². The predicted octanol–water partition coefficient (Wildman–Crippen LogP) is 5.61. The number of methoxy groups -OCH3 is 1. The number of nitrogens with one attached hydrogen (secondary N) is 2. The number of hydrogen-bond acceptors (Lipinski definition) is 5. The molecule has 3 aromatic rings. The molecule has 0 unspecified atom stereocenters. The van der Waals surface area contributed by atoms with Gasteiger partial charge in [-0.1, -0.05) is 12.0 Å². The molecule has 226 valence electrons. The number of halogens is 4. The number of carbonyl (C=O) groups excluding carboxylic acids is 1. The molecule has 2 N–H and O–H groups in total. The Morgan fingerprint density at radius 1 is 1.19 bits per heavy atom. The van der Waals surface area contributed by atoms with Gasteiger partial charge >= 0.3 is 6.18 Å². The largest absolute Gasteiger partial charge is 0.495 e. The normalized spacial score (nSPS) is 17.6. The van der Waals surface area contributed by atoms with Gasteiger partial charge in [0, 0.05) is 42.8 Å². The molecule has 1 amide bonds. The average Bonchev–Trinajstić information content (AvgIpc) is 3.28. The summed E-state index contributed by atoms with van der Waals surface area (Å²) in [7, 11) is 5.08. The van der Waals surface area contributed by atoms with Crippen LogP contribution in [-0.2, 0) is 6.54 Å². The smallest absolute Gasteiger partial charge is 0.406 e. The van der Waals surface area contributed by atoms with E-state index in [1.165, 1.54) is 7.11 Å². The third-order valence-corrected chi connectivity index (χ3v) is 7.50. The molecule has 42 heavy (non-hydrogen) atoms. The number of piperidine rings is 1. The van der Waals surface area contributed by atoms with Crippen LogP contribution in [0.25, 0.3) is 10.9 Å². The molecule has 1 aliphatic rings. The van der Waals surface area contributed by atoms with Crippen molar-refractivity contribution in [3.63, 3.8) is 0 Å². The van der Waals surface area contributed by atoms with Gasteiger partial charge in [-0.2, -0.15) is 13.2 Å². The standard InChI is InChI=1S/C31H37F4N5O2/c1-20(2)39(4)30(41)21-11-12-27(29(16-21)42-5)36-14-7-8-22-17-23-25(37-26-13-15-38(3)18-24(26)32)9-6-10-28(23)40(22)19-31(33,34)35/h6,9-12,16-17,20,24,26,36-37H,13-15,18-19H2,1-5H3/t24-,26+/m0/s1. The number of likely N-dealkylation sites (tertiary alicyclic amines) is 1. The minimum absolute atomic E-state index is 0.0336. The summed E-state index contributed by atoms with van der Waals surface area (Å²) in [5.74, 6) is 6.09. The fourth-order valence-electron chi connectivity index (χ4n) is 4.97. The van der Waals surface area contributed by atoms with Crippen LogP contribution in [0.15, 0.2) is 42.5 Å². The lowest BCUT2D eigenvalue weighted by molar-refractivity contribution is -0.140. The molecule has 0 radical (unpaired) electrons. The van der Waals surface area contributed by atoms with Crippen molar-refractivity contribution in [2.75, 3.05) is 51.5 Å². The molecule has 1 aromatic heterocycles. The first-order valence-corrected chi connectivity index (χ1v) is 13.8. The molecule has 11 heteroatoms. The second-order valence-corrected chi connectivity index (χ2v) is 10.9. The molecule has 0 aliphatic carbocycles. The number of aromatic nitrogens is 1. The summed E-state index contributed by atoms with van der Waals surface area (Å²) in [6, 6.07) is 11.3. The van der Waals surface area contributed by atoms with E-state index in [4.69, 9.17) is 4.74 Å². The van der Waals surface area contributed by atoms with E-state index in [2.05, 4.69) is 22.5 Å². The van der Waals surface area contributed by atoms with Gasteiger partial charge in [0.1, 0.15) is 18.5 Å². The molecule has 0 bridgehead atoms. The SMILES string of the molecule is COc1cc(C(=O)N(C)C(C)C)ccc1NCC#Cc1cc2c(N[C@@H]3CCN(C)C[C@@H]3F)cccc2n1CC(F)(F)F. The summed E-state index contributed by atoms with van der Waals surface area (Å²) in [4.78, 5) is 16.2. The van der Waals surface area contributed by atoms with E-state index in [-0.39, 0.29) is 24.2 Å². The Hall–Kier alpha value is -3.91. The van der Waals surface area contributed by atoms with E-state index in [0.29, 0.717) is 46.6 Å². The van der Waals surface area contributed by atoms with Crippen molar-refractivity contribution in [3.8, 4) is 17.6 Å². The van der Waals surface area contributed by atoms with Crippen molar-refractivity contribution in [2.24, 2.45) is 0 Å². The third-order valence-electron chi connectivity index (χ3n) is 7.50. The zero-order chi connectivity index (χ0) is 30.6. The Bertz CT molecular complexity index is 1470.